The topological polar surface area (TPSA) is 52.6 Å². The molecule has 0 saturated carbocycles. The van der Waals surface area contributed by atoms with E-state index >= 15 is 0 Å². The van der Waals surface area contributed by atoms with Crippen LogP contribution in [0.1, 0.15) is 39.5 Å². The second-order valence-corrected chi connectivity index (χ2v) is 5.84. The first-order chi connectivity index (χ1) is 8.93. The molecule has 0 N–H and O–H groups in total. The summed E-state index contributed by atoms with van der Waals surface area (Å²) in [5, 5.41) is 0. The maximum absolute atomic E-state index is 11.8. The molecule has 2 heterocycles. The van der Waals surface area contributed by atoms with Gasteiger partial charge in [0, 0.05) is 17.9 Å². The van der Waals surface area contributed by atoms with Gasteiger partial charge in [-0.15, -0.1) is 0 Å². The number of rotatable bonds is 0. The summed E-state index contributed by atoms with van der Waals surface area (Å²) in [7, 11) is 0. The summed E-state index contributed by atoms with van der Waals surface area (Å²) >= 11 is 0. The summed E-state index contributed by atoms with van der Waals surface area (Å²) in [6.07, 6.45) is 2.43. The van der Waals surface area contributed by atoms with Gasteiger partial charge in [0.05, 0.1) is 0 Å². The maximum atomic E-state index is 11.8. The van der Waals surface area contributed by atoms with Gasteiger partial charge in [-0.25, -0.2) is 4.79 Å². The van der Waals surface area contributed by atoms with Crippen molar-refractivity contribution in [3.05, 3.63) is 23.3 Å². The summed E-state index contributed by atoms with van der Waals surface area (Å²) in [5.41, 5.74) is 2.09. The molecular weight excluding hydrogens is 244 g/mol. The molecule has 2 fully saturated rings. The van der Waals surface area contributed by atoms with Gasteiger partial charge in [-0.2, -0.15) is 0 Å². The molecule has 0 bridgehead atoms. The number of allylic oxidation sites excluding steroid dienone is 1. The highest BCUT2D eigenvalue weighted by atomic mass is 16.6. The Bertz CT molecular complexity index is 516. The number of fused-ring (bicyclic) bond motifs is 3. The van der Waals surface area contributed by atoms with Gasteiger partial charge >= 0.3 is 11.9 Å². The average Bonchev–Trinajstić information content (AvgIpc) is 2.58. The molecule has 0 amide bonds. The minimum atomic E-state index is -0.810. The van der Waals surface area contributed by atoms with Crippen molar-refractivity contribution in [2.24, 2.45) is 5.92 Å². The first kappa shape index (κ1) is 12.5. The summed E-state index contributed by atoms with van der Waals surface area (Å²) in [6, 6.07) is 0. The Kier molecular flexibility index (Phi) is 2.59. The van der Waals surface area contributed by atoms with E-state index in [-0.39, 0.29) is 17.9 Å². The number of carbonyl (C=O) groups is 2. The van der Waals surface area contributed by atoms with Crippen molar-refractivity contribution in [2.45, 2.75) is 51.2 Å². The largest absolute Gasteiger partial charge is 0.454 e. The highest BCUT2D eigenvalue weighted by Gasteiger charge is 2.56. The van der Waals surface area contributed by atoms with Gasteiger partial charge in [-0.05, 0) is 38.7 Å². The second-order valence-electron chi connectivity index (χ2n) is 5.84. The predicted octanol–water partition coefficient (Wildman–Crippen LogP) is 2.29. The maximum Gasteiger partial charge on any atom is 0.334 e. The standard InChI is InChI=1S/C15H18O4/c1-8-4-5-10-9(2)14(17)18-13(10)15(3)11(8)6-7-12(16)19-15/h10,13H,2,4-7H2,1,3H3/t10-,13-,15+/m0/s1. The molecule has 3 aliphatic rings. The van der Waals surface area contributed by atoms with Gasteiger partial charge in [-0.1, -0.05) is 12.2 Å². The van der Waals surface area contributed by atoms with Gasteiger partial charge in [0.2, 0.25) is 0 Å². The molecule has 4 nitrogen and oxygen atoms in total. The molecule has 0 spiro atoms. The zero-order chi connectivity index (χ0) is 13.8. The highest BCUT2D eigenvalue weighted by Crippen LogP contribution is 2.48. The number of ether oxygens (including phenoxy) is 2. The molecule has 19 heavy (non-hydrogen) atoms. The van der Waals surface area contributed by atoms with Crippen LogP contribution in [0.3, 0.4) is 0 Å². The average molecular weight is 262 g/mol. The van der Waals surface area contributed by atoms with Crippen LogP contribution in [0.5, 0.6) is 0 Å². The molecule has 2 saturated heterocycles. The number of hydrogen-bond donors (Lipinski definition) is 0. The molecule has 0 aromatic carbocycles. The van der Waals surface area contributed by atoms with Crippen LogP contribution in [-0.4, -0.2) is 23.6 Å². The highest BCUT2D eigenvalue weighted by molar-refractivity contribution is 5.91. The van der Waals surface area contributed by atoms with E-state index in [0.717, 1.165) is 18.4 Å². The van der Waals surface area contributed by atoms with Crippen molar-refractivity contribution in [1.29, 1.82) is 0 Å². The molecule has 1 aliphatic carbocycles. The van der Waals surface area contributed by atoms with Crippen LogP contribution in [0.15, 0.2) is 23.3 Å². The quantitative estimate of drug-likeness (QED) is 0.382. The van der Waals surface area contributed by atoms with E-state index in [4.69, 9.17) is 9.47 Å². The third-order valence-electron chi connectivity index (χ3n) is 4.70. The molecule has 0 unspecified atom stereocenters. The zero-order valence-corrected chi connectivity index (χ0v) is 11.3. The smallest absolute Gasteiger partial charge is 0.334 e. The normalized spacial score (nSPS) is 38.3. The number of esters is 2. The van der Waals surface area contributed by atoms with Gasteiger partial charge < -0.3 is 9.47 Å². The lowest BCUT2D eigenvalue weighted by atomic mass is 9.79. The molecular formula is C15H18O4. The molecule has 2 aliphatic heterocycles. The van der Waals surface area contributed by atoms with Crippen LogP contribution in [0.4, 0.5) is 0 Å². The Labute approximate surface area is 112 Å². The SMILES string of the molecule is C=C1C(=O)O[C@H]2[C@H]1CCC(C)=C1CCC(=O)O[C@]12C. The van der Waals surface area contributed by atoms with Crippen LogP contribution in [0.25, 0.3) is 0 Å². The van der Waals surface area contributed by atoms with E-state index < -0.39 is 11.7 Å². The van der Waals surface area contributed by atoms with Gasteiger partial charge in [0.15, 0.2) is 11.7 Å². The van der Waals surface area contributed by atoms with Crippen LogP contribution in [0.2, 0.25) is 0 Å². The molecule has 0 radical (unpaired) electrons. The van der Waals surface area contributed by atoms with Crippen LogP contribution in [-0.2, 0) is 19.1 Å². The Morgan fingerprint density at radius 3 is 2.74 bits per heavy atom. The Morgan fingerprint density at radius 1 is 1.26 bits per heavy atom. The molecule has 102 valence electrons. The van der Waals surface area contributed by atoms with Crippen molar-refractivity contribution in [1.82, 2.24) is 0 Å². The van der Waals surface area contributed by atoms with Gasteiger partial charge in [-0.3, -0.25) is 4.79 Å². The fraction of sp³-hybridized carbons (Fsp3) is 0.600. The van der Waals surface area contributed by atoms with Crippen molar-refractivity contribution < 1.29 is 19.1 Å². The Balaban J connectivity index is 2.09. The Hall–Kier alpha value is -1.58. The summed E-state index contributed by atoms with van der Waals surface area (Å²) in [4.78, 5) is 23.4. The fourth-order valence-electron chi connectivity index (χ4n) is 3.64. The summed E-state index contributed by atoms with van der Waals surface area (Å²) in [5.74, 6) is -0.610. The minimum Gasteiger partial charge on any atom is -0.454 e. The lowest BCUT2D eigenvalue weighted by Crippen LogP contribution is -2.50. The van der Waals surface area contributed by atoms with E-state index in [9.17, 15) is 9.59 Å². The second kappa shape index (κ2) is 3.95. The van der Waals surface area contributed by atoms with Crippen LogP contribution in [0, 0.1) is 5.92 Å². The van der Waals surface area contributed by atoms with Crippen LogP contribution < -0.4 is 0 Å². The van der Waals surface area contributed by atoms with Crippen molar-refractivity contribution in [2.75, 3.05) is 0 Å². The summed E-state index contributed by atoms with van der Waals surface area (Å²) < 4.78 is 11.1. The predicted molar refractivity (Wildman–Crippen MR) is 68.2 cm³/mol. The number of carbonyl (C=O) groups excluding carboxylic acids is 2. The molecule has 0 aromatic rings. The van der Waals surface area contributed by atoms with E-state index in [1.165, 1.54) is 5.57 Å². The van der Waals surface area contributed by atoms with E-state index in [1.54, 1.807) is 0 Å². The monoisotopic (exact) mass is 262 g/mol. The molecule has 3 rings (SSSR count). The lowest BCUT2D eigenvalue weighted by Gasteiger charge is -2.40. The van der Waals surface area contributed by atoms with Crippen LogP contribution >= 0.6 is 0 Å². The summed E-state index contributed by atoms with van der Waals surface area (Å²) in [6.45, 7) is 7.79. The van der Waals surface area contributed by atoms with E-state index in [1.807, 2.05) is 6.92 Å². The van der Waals surface area contributed by atoms with Crippen molar-refractivity contribution in [3.8, 4) is 0 Å². The third kappa shape index (κ3) is 1.66. The first-order valence-corrected chi connectivity index (χ1v) is 6.74. The first-order valence-electron chi connectivity index (χ1n) is 6.74. The van der Waals surface area contributed by atoms with Crippen molar-refractivity contribution in [3.63, 3.8) is 0 Å². The lowest BCUT2D eigenvalue weighted by molar-refractivity contribution is -0.177. The molecule has 3 atom stereocenters. The molecule has 0 aromatic heterocycles. The van der Waals surface area contributed by atoms with E-state index in [0.29, 0.717) is 18.4 Å². The number of hydrogen-bond acceptors (Lipinski definition) is 4. The van der Waals surface area contributed by atoms with E-state index in [2.05, 4.69) is 13.5 Å². The third-order valence-corrected chi connectivity index (χ3v) is 4.70. The molecule has 4 heteroatoms. The van der Waals surface area contributed by atoms with Gasteiger partial charge in [0.1, 0.15) is 0 Å². The van der Waals surface area contributed by atoms with Gasteiger partial charge in [0.25, 0.3) is 0 Å². The fourth-order valence-corrected chi connectivity index (χ4v) is 3.64. The Morgan fingerprint density at radius 2 is 2.00 bits per heavy atom. The minimum absolute atomic E-state index is 0.0455. The zero-order valence-electron chi connectivity index (χ0n) is 11.3. The van der Waals surface area contributed by atoms with Crippen molar-refractivity contribution >= 4 is 11.9 Å².